The van der Waals surface area contributed by atoms with E-state index in [1.165, 1.54) is 22.5 Å². The fraction of sp³-hybridized carbons (Fsp3) is 0.588. The number of aromatic nitrogens is 2. The summed E-state index contributed by atoms with van der Waals surface area (Å²) in [6.07, 6.45) is 3.18. The molecule has 1 unspecified atom stereocenters. The Labute approximate surface area is 132 Å². The molecule has 3 nitrogen and oxygen atoms in total. The molecule has 1 N–H and O–H groups in total. The van der Waals surface area contributed by atoms with Crippen molar-refractivity contribution in [1.82, 2.24) is 15.1 Å². The molecular weight excluding hydrogens is 278 g/mol. The lowest BCUT2D eigenvalue weighted by molar-refractivity contribution is 0.502. The van der Waals surface area contributed by atoms with E-state index in [9.17, 15) is 0 Å². The highest BCUT2D eigenvalue weighted by Crippen LogP contribution is 2.25. The van der Waals surface area contributed by atoms with Crippen molar-refractivity contribution in [2.45, 2.75) is 59.5 Å². The molecule has 2 heterocycles. The molecular formula is C17H27N3S. The van der Waals surface area contributed by atoms with Crippen LogP contribution < -0.4 is 5.32 Å². The fourth-order valence-electron chi connectivity index (χ4n) is 2.67. The van der Waals surface area contributed by atoms with Crippen LogP contribution in [0.1, 0.15) is 55.7 Å². The van der Waals surface area contributed by atoms with E-state index in [4.69, 9.17) is 0 Å². The summed E-state index contributed by atoms with van der Waals surface area (Å²) in [6.45, 7) is 10.8. The van der Waals surface area contributed by atoms with Gasteiger partial charge in [-0.1, -0.05) is 13.8 Å². The standard InChI is InChI=1S/C17H27N3S/c1-5-8-18-17(16-12-21-11-13(16)4)10-15-9-14(6-2)19-20(15)7-3/h9,11-12,17-18H,5-8,10H2,1-4H3. The quantitative estimate of drug-likeness (QED) is 0.795. The average Bonchev–Trinajstić information content (AvgIpc) is 3.09. The predicted molar refractivity (Wildman–Crippen MR) is 91.1 cm³/mol. The largest absolute Gasteiger partial charge is 0.310 e. The zero-order chi connectivity index (χ0) is 15.2. The molecule has 0 aromatic carbocycles. The number of aryl methyl sites for hydroxylation is 3. The molecule has 2 rings (SSSR count). The second kappa shape index (κ2) is 7.76. The van der Waals surface area contributed by atoms with Crippen molar-refractivity contribution < 1.29 is 0 Å². The molecule has 0 aliphatic heterocycles. The van der Waals surface area contributed by atoms with E-state index in [2.05, 4.69) is 59.6 Å². The molecule has 0 saturated carbocycles. The molecule has 0 bridgehead atoms. The smallest absolute Gasteiger partial charge is 0.0624 e. The Morgan fingerprint density at radius 2 is 2.10 bits per heavy atom. The van der Waals surface area contributed by atoms with E-state index in [0.717, 1.165) is 32.4 Å². The van der Waals surface area contributed by atoms with E-state index in [1.807, 2.05) is 0 Å². The normalized spacial score (nSPS) is 12.8. The van der Waals surface area contributed by atoms with Crippen LogP contribution in [0.25, 0.3) is 0 Å². The number of thiophene rings is 1. The summed E-state index contributed by atoms with van der Waals surface area (Å²) in [5.74, 6) is 0. The Hall–Kier alpha value is -1.13. The molecule has 0 amide bonds. The monoisotopic (exact) mass is 305 g/mol. The van der Waals surface area contributed by atoms with Crippen LogP contribution in [0.3, 0.4) is 0 Å². The maximum atomic E-state index is 4.68. The van der Waals surface area contributed by atoms with Crippen LogP contribution in [-0.4, -0.2) is 16.3 Å². The second-order valence-electron chi connectivity index (χ2n) is 5.52. The minimum absolute atomic E-state index is 0.392. The fourth-order valence-corrected chi connectivity index (χ4v) is 3.58. The minimum Gasteiger partial charge on any atom is -0.310 e. The summed E-state index contributed by atoms with van der Waals surface area (Å²) in [5.41, 5.74) is 5.37. The molecule has 0 aliphatic carbocycles. The Morgan fingerprint density at radius 3 is 2.67 bits per heavy atom. The number of nitrogens with zero attached hydrogens (tertiary/aromatic N) is 2. The molecule has 0 aliphatic rings. The lowest BCUT2D eigenvalue weighted by Crippen LogP contribution is -2.25. The Balaban J connectivity index is 2.22. The second-order valence-corrected chi connectivity index (χ2v) is 6.26. The van der Waals surface area contributed by atoms with E-state index in [-0.39, 0.29) is 0 Å². The third-order valence-electron chi connectivity index (χ3n) is 3.90. The zero-order valence-corrected chi connectivity index (χ0v) is 14.5. The van der Waals surface area contributed by atoms with Gasteiger partial charge in [0.1, 0.15) is 0 Å². The maximum absolute atomic E-state index is 4.68. The van der Waals surface area contributed by atoms with Crippen molar-refractivity contribution in [1.29, 1.82) is 0 Å². The summed E-state index contributed by atoms with van der Waals surface area (Å²) in [6, 6.07) is 2.66. The highest BCUT2D eigenvalue weighted by Gasteiger charge is 2.17. The van der Waals surface area contributed by atoms with Crippen LogP contribution in [-0.2, 0) is 19.4 Å². The summed E-state index contributed by atoms with van der Waals surface area (Å²) < 4.78 is 2.15. The summed E-state index contributed by atoms with van der Waals surface area (Å²) in [7, 11) is 0. The van der Waals surface area contributed by atoms with Gasteiger partial charge in [-0.2, -0.15) is 16.4 Å². The summed E-state index contributed by atoms with van der Waals surface area (Å²) in [4.78, 5) is 0. The van der Waals surface area contributed by atoms with Gasteiger partial charge in [0.15, 0.2) is 0 Å². The number of rotatable bonds is 8. The van der Waals surface area contributed by atoms with Gasteiger partial charge in [-0.3, -0.25) is 4.68 Å². The van der Waals surface area contributed by atoms with Gasteiger partial charge < -0.3 is 5.32 Å². The van der Waals surface area contributed by atoms with E-state index >= 15 is 0 Å². The molecule has 0 saturated heterocycles. The number of hydrogen-bond donors (Lipinski definition) is 1. The summed E-state index contributed by atoms with van der Waals surface area (Å²) >= 11 is 1.80. The predicted octanol–water partition coefficient (Wildman–Crippen LogP) is 4.12. The molecule has 0 spiro atoms. The minimum atomic E-state index is 0.392. The van der Waals surface area contributed by atoms with Gasteiger partial charge >= 0.3 is 0 Å². The summed E-state index contributed by atoms with van der Waals surface area (Å²) in [5, 5.41) is 12.9. The number of hydrogen-bond acceptors (Lipinski definition) is 3. The van der Waals surface area contributed by atoms with Crippen LogP contribution in [0.2, 0.25) is 0 Å². The van der Waals surface area contributed by atoms with Crippen molar-refractivity contribution in [3.05, 3.63) is 39.3 Å². The first-order valence-corrected chi connectivity index (χ1v) is 8.95. The third-order valence-corrected chi connectivity index (χ3v) is 4.78. The van der Waals surface area contributed by atoms with E-state index in [1.54, 1.807) is 11.3 Å². The van der Waals surface area contributed by atoms with Gasteiger partial charge in [-0.05, 0) is 61.2 Å². The van der Waals surface area contributed by atoms with Crippen LogP contribution in [0.4, 0.5) is 0 Å². The van der Waals surface area contributed by atoms with Crippen LogP contribution >= 0.6 is 11.3 Å². The zero-order valence-electron chi connectivity index (χ0n) is 13.6. The molecule has 21 heavy (non-hydrogen) atoms. The molecule has 1 atom stereocenters. The van der Waals surface area contributed by atoms with Crippen molar-refractivity contribution >= 4 is 11.3 Å². The maximum Gasteiger partial charge on any atom is 0.0624 e. The van der Waals surface area contributed by atoms with Crippen LogP contribution in [0.15, 0.2) is 16.8 Å². The van der Waals surface area contributed by atoms with Crippen molar-refractivity contribution in [3.63, 3.8) is 0 Å². The average molecular weight is 305 g/mol. The Kier molecular flexibility index (Phi) is 6.00. The van der Waals surface area contributed by atoms with Gasteiger partial charge in [-0.15, -0.1) is 0 Å². The van der Waals surface area contributed by atoms with Crippen LogP contribution in [0.5, 0.6) is 0 Å². The lowest BCUT2D eigenvalue weighted by atomic mass is 10.0. The number of nitrogens with one attached hydrogen (secondary N) is 1. The van der Waals surface area contributed by atoms with Gasteiger partial charge in [0.2, 0.25) is 0 Å². The molecule has 0 fully saturated rings. The molecule has 4 heteroatoms. The molecule has 2 aromatic heterocycles. The Morgan fingerprint density at radius 1 is 1.29 bits per heavy atom. The SMILES string of the molecule is CCCNC(Cc1cc(CC)nn1CC)c1cscc1C. The highest BCUT2D eigenvalue weighted by molar-refractivity contribution is 7.08. The first-order chi connectivity index (χ1) is 10.2. The third kappa shape index (κ3) is 3.95. The van der Waals surface area contributed by atoms with Crippen LogP contribution in [0, 0.1) is 6.92 Å². The Bertz CT molecular complexity index is 556. The lowest BCUT2D eigenvalue weighted by Gasteiger charge is -2.19. The van der Waals surface area contributed by atoms with Gasteiger partial charge in [0.05, 0.1) is 5.69 Å². The van der Waals surface area contributed by atoms with Gasteiger partial charge in [0, 0.05) is 24.7 Å². The topological polar surface area (TPSA) is 29.9 Å². The van der Waals surface area contributed by atoms with Crippen molar-refractivity contribution in [2.75, 3.05) is 6.54 Å². The van der Waals surface area contributed by atoms with E-state index < -0.39 is 0 Å². The van der Waals surface area contributed by atoms with E-state index in [0.29, 0.717) is 6.04 Å². The van der Waals surface area contributed by atoms with Crippen molar-refractivity contribution in [3.8, 4) is 0 Å². The molecule has 2 aromatic rings. The molecule has 116 valence electrons. The highest BCUT2D eigenvalue weighted by atomic mass is 32.1. The van der Waals surface area contributed by atoms with Gasteiger partial charge in [0.25, 0.3) is 0 Å². The van der Waals surface area contributed by atoms with Gasteiger partial charge in [-0.25, -0.2) is 0 Å². The first kappa shape index (κ1) is 16.2. The van der Waals surface area contributed by atoms with Crippen molar-refractivity contribution in [2.24, 2.45) is 0 Å². The first-order valence-electron chi connectivity index (χ1n) is 8.01. The molecule has 0 radical (unpaired) electrons.